The Bertz CT molecular complexity index is 516. The van der Waals surface area contributed by atoms with Crippen molar-refractivity contribution in [3.8, 4) is 6.07 Å². The van der Waals surface area contributed by atoms with E-state index in [1.54, 1.807) is 0 Å². The van der Waals surface area contributed by atoms with Crippen LogP contribution in [0.5, 0.6) is 0 Å². The van der Waals surface area contributed by atoms with Gasteiger partial charge in [0.15, 0.2) is 5.43 Å². The number of hydrogen-bond donors (Lipinski definition) is 2. The van der Waals surface area contributed by atoms with Crippen LogP contribution < -0.4 is 5.43 Å². The maximum Gasteiger partial charge on any atom is 0.308 e. The molecule has 2 N–H and O–H groups in total. The number of aromatic amines is 1. The van der Waals surface area contributed by atoms with E-state index in [2.05, 4.69) is 0 Å². The van der Waals surface area contributed by atoms with Crippen molar-refractivity contribution in [3.63, 3.8) is 0 Å². The standard InChI is InChI=1S/C9H6F2N2O3/c10-9(11)8-5(2-7(15)16)6(14)1-4(3-12)13-8/h1,9H,2H2,(H,13,14)(H,15,16). The van der Waals surface area contributed by atoms with Crippen molar-refractivity contribution in [2.45, 2.75) is 12.8 Å². The van der Waals surface area contributed by atoms with E-state index in [1.165, 1.54) is 6.07 Å². The monoisotopic (exact) mass is 228 g/mol. The highest BCUT2D eigenvalue weighted by Crippen LogP contribution is 2.19. The molecule has 0 aliphatic heterocycles. The molecule has 1 rings (SSSR count). The third kappa shape index (κ3) is 2.42. The molecule has 0 amide bonds. The summed E-state index contributed by atoms with van der Waals surface area (Å²) in [5.41, 5.74) is -2.55. The second-order valence-corrected chi connectivity index (χ2v) is 2.92. The highest BCUT2D eigenvalue weighted by Gasteiger charge is 2.19. The van der Waals surface area contributed by atoms with Gasteiger partial charge in [-0.15, -0.1) is 0 Å². The van der Waals surface area contributed by atoms with Crippen molar-refractivity contribution in [2.75, 3.05) is 0 Å². The molecule has 1 aromatic heterocycles. The van der Waals surface area contributed by atoms with Crippen molar-refractivity contribution >= 4 is 5.97 Å². The molecule has 0 unspecified atom stereocenters. The van der Waals surface area contributed by atoms with Crippen LogP contribution in [-0.2, 0) is 11.2 Å². The van der Waals surface area contributed by atoms with Gasteiger partial charge in [-0.25, -0.2) is 8.78 Å². The minimum Gasteiger partial charge on any atom is -0.481 e. The Morgan fingerprint density at radius 1 is 1.62 bits per heavy atom. The third-order valence-corrected chi connectivity index (χ3v) is 1.83. The number of pyridine rings is 1. The van der Waals surface area contributed by atoms with Gasteiger partial charge in [0.25, 0.3) is 6.43 Å². The fraction of sp³-hybridized carbons (Fsp3) is 0.222. The fourth-order valence-corrected chi connectivity index (χ4v) is 1.19. The number of aromatic nitrogens is 1. The highest BCUT2D eigenvalue weighted by molar-refractivity contribution is 5.70. The molecule has 0 fully saturated rings. The first kappa shape index (κ1) is 11.8. The van der Waals surface area contributed by atoms with Gasteiger partial charge in [0.2, 0.25) is 0 Å². The Kier molecular flexibility index (Phi) is 3.35. The van der Waals surface area contributed by atoms with Crippen LogP contribution in [-0.4, -0.2) is 16.1 Å². The van der Waals surface area contributed by atoms with Gasteiger partial charge in [0.05, 0.1) is 12.1 Å². The van der Waals surface area contributed by atoms with Crippen LogP contribution in [0.2, 0.25) is 0 Å². The van der Waals surface area contributed by atoms with Gasteiger partial charge in [-0.3, -0.25) is 9.59 Å². The lowest BCUT2D eigenvalue weighted by molar-refractivity contribution is -0.136. The molecular weight excluding hydrogens is 222 g/mol. The number of rotatable bonds is 3. The van der Waals surface area contributed by atoms with Crippen LogP contribution in [0.15, 0.2) is 10.9 Å². The van der Waals surface area contributed by atoms with Crippen molar-refractivity contribution in [2.24, 2.45) is 0 Å². The summed E-state index contributed by atoms with van der Waals surface area (Å²) in [6.45, 7) is 0. The van der Waals surface area contributed by atoms with E-state index in [0.29, 0.717) is 0 Å². The minimum atomic E-state index is -3.03. The van der Waals surface area contributed by atoms with Crippen molar-refractivity contribution < 1.29 is 18.7 Å². The molecule has 0 saturated carbocycles. The third-order valence-electron chi connectivity index (χ3n) is 1.83. The first-order chi connectivity index (χ1) is 7.45. The minimum absolute atomic E-state index is 0.325. The van der Waals surface area contributed by atoms with Crippen LogP contribution >= 0.6 is 0 Å². The predicted octanol–water partition coefficient (Wildman–Crippen LogP) is 0.811. The molecule has 7 heteroatoms. The number of carboxylic acid groups (broad SMARTS) is 1. The van der Waals surface area contributed by atoms with Crippen LogP contribution in [0.25, 0.3) is 0 Å². The number of H-pyrrole nitrogens is 1. The lowest BCUT2D eigenvalue weighted by Crippen LogP contribution is -2.18. The van der Waals surface area contributed by atoms with Gasteiger partial charge in [-0.05, 0) is 0 Å². The molecule has 84 valence electrons. The van der Waals surface area contributed by atoms with Crippen LogP contribution in [0.1, 0.15) is 23.4 Å². The Morgan fingerprint density at radius 2 is 2.25 bits per heavy atom. The molecule has 0 saturated heterocycles. The van der Waals surface area contributed by atoms with E-state index < -0.39 is 35.5 Å². The zero-order valence-electron chi connectivity index (χ0n) is 7.83. The maximum atomic E-state index is 12.5. The summed E-state index contributed by atoms with van der Waals surface area (Å²) in [6, 6.07) is 2.30. The van der Waals surface area contributed by atoms with E-state index in [9.17, 15) is 18.4 Å². The Labute approximate surface area is 88.0 Å². The molecule has 1 heterocycles. The van der Waals surface area contributed by atoms with E-state index in [1.807, 2.05) is 4.98 Å². The number of carbonyl (C=O) groups is 1. The van der Waals surface area contributed by atoms with Gasteiger partial charge in [-0.2, -0.15) is 5.26 Å². The molecule has 0 atom stereocenters. The Balaban J connectivity index is 3.41. The maximum absolute atomic E-state index is 12.5. The second kappa shape index (κ2) is 4.53. The van der Waals surface area contributed by atoms with E-state index in [4.69, 9.17) is 10.4 Å². The largest absolute Gasteiger partial charge is 0.481 e. The summed E-state index contributed by atoms with van der Waals surface area (Å²) in [4.78, 5) is 23.7. The molecule has 0 spiro atoms. The molecule has 0 bridgehead atoms. The number of nitrogens with one attached hydrogen (secondary N) is 1. The second-order valence-electron chi connectivity index (χ2n) is 2.92. The molecule has 5 nitrogen and oxygen atoms in total. The van der Waals surface area contributed by atoms with Crippen molar-refractivity contribution in [1.29, 1.82) is 5.26 Å². The van der Waals surface area contributed by atoms with E-state index >= 15 is 0 Å². The molecule has 0 aliphatic carbocycles. The van der Waals surface area contributed by atoms with Crippen LogP contribution in [0, 0.1) is 11.3 Å². The molecule has 0 aromatic carbocycles. The Hall–Kier alpha value is -2.23. The molecule has 0 radical (unpaired) electrons. The number of hydrogen-bond acceptors (Lipinski definition) is 3. The van der Waals surface area contributed by atoms with Gasteiger partial charge >= 0.3 is 5.97 Å². The first-order valence-corrected chi connectivity index (χ1v) is 4.12. The first-order valence-electron chi connectivity index (χ1n) is 4.12. The van der Waals surface area contributed by atoms with Crippen molar-refractivity contribution in [3.05, 3.63) is 33.2 Å². The summed E-state index contributed by atoms with van der Waals surface area (Å²) < 4.78 is 25.0. The number of carboxylic acids is 1. The number of aliphatic carboxylic acids is 1. The molecule has 1 aromatic rings. The normalized spacial score (nSPS) is 10.1. The quantitative estimate of drug-likeness (QED) is 0.800. The summed E-state index contributed by atoms with van der Waals surface area (Å²) in [6.07, 6.45) is -3.84. The Morgan fingerprint density at radius 3 is 2.69 bits per heavy atom. The van der Waals surface area contributed by atoms with Gasteiger partial charge < -0.3 is 10.1 Å². The van der Waals surface area contributed by atoms with Gasteiger partial charge in [0, 0.05) is 11.6 Å². The SMILES string of the molecule is N#Cc1cc(=O)c(CC(=O)O)c(C(F)F)[nH]1. The summed E-state index contributed by atoms with van der Waals surface area (Å²) in [7, 11) is 0. The molecule has 0 aliphatic rings. The van der Waals surface area contributed by atoms with Gasteiger partial charge in [0.1, 0.15) is 11.8 Å². The topological polar surface area (TPSA) is 93.9 Å². The fourth-order valence-electron chi connectivity index (χ4n) is 1.19. The number of nitrogens with zero attached hydrogens (tertiary/aromatic N) is 1. The predicted molar refractivity (Wildman–Crippen MR) is 48.1 cm³/mol. The highest BCUT2D eigenvalue weighted by atomic mass is 19.3. The van der Waals surface area contributed by atoms with E-state index in [-0.39, 0.29) is 5.69 Å². The number of nitriles is 1. The number of halogens is 2. The summed E-state index contributed by atoms with van der Waals surface area (Å²) in [5.74, 6) is -1.39. The smallest absolute Gasteiger partial charge is 0.308 e. The summed E-state index contributed by atoms with van der Waals surface area (Å²) in [5, 5.41) is 16.9. The average molecular weight is 228 g/mol. The lowest BCUT2D eigenvalue weighted by atomic mass is 10.1. The van der Waals surface area contributed by atoms with Crippen molar-refractivity contribution in [1.82, 2.24) is 4.98 Å². The lowest BCUT2D eigenvalue weighted by Gasteiger charge is -2.06. The zero-order chi connectivity index (χ0) is 12.3. The molecule has 16 heavy (non-hydrogen) atoms. The van der Waals surface area contributed by atoms with E-state index in [0.717, 1.165) is 6.07 Å². The number of alkyl halides is 2. The van der Waals surface area contributed by atoms with Crippen LogP contribution in [0.3, 0.4) is 0 Å². The van der Waals surface area contributed by atoms with Crippen LogP contribution in [0.4, 0.5) is 8.78 Å². The summed E-state index contributed by atoms with van der Waals surface area (Å²) >= 11 is 0. The van der Waals surface area contributed by atoms with Gasteiger partial charge in [-0.1, -0.05) is 0 Å². The zero-order valence-corrected chi connectivity index (χ0v) is 7.83. The molecular formula is C9H6F2N2O3. The average Bonchev–Trinajstić information content (AvgIpc) is 2.19.